The molecule has 0 bridgehead atoms. The van der Waals surface area contributed by atoms with Crippen molar-refractivity contribution in [2.75, 3.05) is 37.7 Å². The van der Waals surface area contributed by atoms with Crippen LogP contribution >= 0.6 is 23.7 Å². The van der Waals surface area contributed by atoms with Crippen molar-refractivity contribution in [2.24, 2.45) is 0 Å². The number of benzene rings is 2. The summed E-state index contributed by atoms with van der Waals surface area (Å²) in [7, 11) is 0. The normalized spacial score (nSPS) is 10.9. The van der Waals surface area contributed by atoms with Crippen molar-refractivity contribution in [1.29, 1.82) is 0 Å². The molecule has 2 aromatic carbocycles. The summed E-state index contributed by atoms with van der Waals surface area (Å²) in [6.07, 6.45) is 0. The summed E-state index contributed by atoms with van der Waals surface area (Å²) >= 11 is 1.57. The molecule has 0 aliphatic rings. The Bertz CT molecular complexity index is 1000. The van der Waals surface area contributed by atoms with Crippen molar-refractivity contribution in [1.82, 2.24) is 9.88 Å². The lowest BCUT2D eigenvalue weighted by molar-refractivity contribution is -0.120. The Morgan fingerprint density at radius 1 is 1.00 bits per heavy atom. The number of halogens is 1. The van der Waals surface area contributed by atoms with Crippen LogP contribution in [0.2, 0.25) is 0 Å². The van der Waals surface area contributed by atoms with Gasteiger partial charge in [0.15, 0.2) is 11.7 Å². The number of amides is 1. The lowest BCUT2D eigenvalue weighted by atomic mass is 10.1. The monoisotopic (exact) mass is 461 g/mol. The van der Waals surface area contributed by atoms with Crippen LogP contribution in [0.1, 0.15) is 30.5 Å². The highest BCUT2D eigenvalue weighted by Crippen LogP contribution is 2.32. The van der Waals surface area contributed by atoms with E-state index in [1.165, 1.54) is 11.1 Å². The molecule has 3 aromatic rings. The maximum Gasteiger partial charge on any atom is 0.266 e. The van der Waals surface area contributed by atoms with E-state index in [2.05, 4.69) is 44.7 Å². The minimum absolute atomic E-state index is 0. The van der Waals surface area contributed by atoms with Crippen molar-refractivity contribution in [2.45, 2.75) is 34.6 Å². The van der Waals surface area contributed by atoms with E-state index in [1.54, 1.807) is 16.2 Å². The standard InChI is InChI=1S/C24H31N3O2S.ClH/c1-6-26(7-2)14-15-27(22(28)16-29-20-11-8-17(3)9-12-20)24-25-23-19(5)18(4)10-13-21(23)30-24;/h8-13H,6-7,14-16H2,1-5H3;1H. The molecule has 0 unspecified atom stereocenters. The van der Waals surface area contributed by atoms with Crippen LogP contribution in [0.25, 0.3) is 10.2 Å². The summed E-state index contributed by atoms with van der Waals surface area (Å²) in [4.78, 5) is 22.1. The van der Waals surface area contributed by atoms with E-state index >= 15 is 0 Å². The number of aryl methyl sites for hydroxylation is 3. The van der Waals surface area contributed by atoms with Crippen LogP contribution in [0, 0.1) is 20.8 Å². The minimum atomic E-state index is -0.0730. The SMILES string of the molecule is CCN(CC)CCN(C(=O)COc1ccc(C)cc1)c1nc2c(C)c(C)ccc2s1.Cl. The number of nitrogens with zero attached hydrogens (tertiary/aromatic N) is 3. The lowest BCUT2D eigenvalue weighted by Crippen LogP contribution is -2.41. The molecule has 0 spiro atoms. The molecule has 0 saturated heterocycles. The second-order valence-corrected chi connectivity index (χ2v) is 8.53. The molecule has 0 N–H and O–H groups in total. The third-order valence-corrected chi connectivity index (χ3v) is 6.57. The van der Waals surface area contributed by atoms with Gasteiger partial charge in [-0.1, -0.05) is 48.9 Å². The van der Waals surface area contributed by atoms with Gasteiger partial charge in [0, 0.05) is 13.1 Å². The summed E-state index contributed by atoms with van der Waals surface area (Å²) in [5, 5.41) is 0.739. The van der Waals surface area contributed by atoms with Crippen LogP contribution in [-0.2, 0) is 4.79 Å². The van der Waals surface area contributed by atoms with E-state index in [0.717, 1.165) is 40.5 Å². The molecular formula is C24H32ClN3O2S. The molecule has 1 heterocycles. The van der Waals surface area contributed by atoms with Gasteiger partial charge in [0.25, 0.3) is 5.91 Å². The second kappa shape index (κ2) is 11.5. The predicted molar refractivity (Wildman–Crippen MR) is 133 cm³/mol. The fraction of sp³-hybridized carbons (Fsp3) is 0.417. The molecule has 0 fully saturated rings. The van der Waals surface area contributed by atoms with Gasteiger partial charge in [-0.05, 0) is 63.2 Å². The van der Waals surface area contributed by atoms with Gasteiger partial charge in [-0.25, -0.2) is 4.98 Å². The third-order valence-electron chi connectivity index (χ3n) is 5.52. The van der Waals surface area contributed by atoms with E-state index in [4.69, 9.17) is 9.72 Å². The van der Waals surface area contributed by atoms with E-state index < -0.39 is 0 Å². The molecule has 1 aromatic heterocycles. The van der Waals surface area contributed by atoms with Gasteiger partial charge in [0.1, 0.15) is 5.75 Å². The molecule has 5 nitrogen and oxygen atoms in total. The van der Waals surface area contributed by atoms with E-state index in [0.29, 0.717) is 12.3 Å². The molecule has 3 rings (SSSR count). The highest BCUT2D eigenvalue weighted by Gasteiger charge is 2.21. The number of ether oxygens (including phenoxy) is 1. The predicted octanol–water partition coefficient (Wildman–Crippen LogP) is 5.40. The molecule has 0 atom stereocenters. The van der Waals surface area contributed by atoms with E-state index in [1.807, 2.05) is 31.2 Å². The fourth-order valence-electron chi connectivity index (χ4n) is 3.30. The molecule has 0 saturated carbocycles. The van der Waals surface area contributed by atoms with Crippen molar-refractivity contribution in [3.8, 4) is 5.75 Å². The number of rotatable bonds is 9. The number of hydrogen-bond donors (Lipinski definition) is 0. The van der Waals surface area contributed by atoms with Gasteiger partial charge in [0.05, 0.1) is 10.2 Å². The highest BCUT2D eigenvalue weighted by molar-refractivity contribution is 7.22. The quantitative estimate of drug-likeness (QED) is 0.428. The number of thiazole rings is 1. The number of hydrogen-bond acceptors (Lipinski definition) is 5. The third kappa shape index (κ3) is 6.19. The average molecular weight is 462 g/mol. The number of carbonyl (C=O) groups excluding carboxylic acids is 1. The number of aromatic nitrogens is 1. The average Bonchev–Trinajstić information content (AvgIpc) is 3.18. The molecule has 1 amide bonds. The van der Waals surface area contributed by atoms with Crippen LogP contribution in [0.15, 0.2) is 36.4 Å². The number of likely N-dealkylation sites (N-methyl/N-ethyl adjacent to an activating group) is 1. The first-order valence-electron chi connectivity index (χ1n) is 10.5. The van der Waals surface area contributed by atoms with Crippen molar-refractivity contribution in [3.63, 3.8) is 0 Å². The van der Waals surface area contributed by atoms with E-state index in [9.17, 15) is 4.79 Å². The number of fused-ring (bicyclic) bond motifs is 1. The van der Waals surface area contributed by atoms with Crippen molar-refractivity contribution >= 4 is 45.0 Å². The van der Waals surface area contributed by atoms with Gasteiger partial charge in [0.2, 0.25) is 0 Å². The van der Waals surface area contributed by atoms with Gasteiger partial charge >= 0.3 is 0 Å². The van der Waals surface area contributed by atoms with Crippen LogP contribution < -0.4 is 9.64 Å². The van der Waals surface area contributed by atoms with Crippen LogP contribution in [-0.4, -0.2) is 48.6 Å². The van der Waals surface area contributed by atoms with E-state index in [-0.39, 0.29) is 24.9 Å². The number of carbonyl (C=O) groups is 1. The second-order valence-electron chi connectivity index (χ2n) is 7.52. The van der Waals surface area contributed by atoms with Gasteiger partial charge < -0.3 is 9.64 Å². The van der Waals surface area contributed by atoms with Gasteiger partial charge in [-0.2, -0.15) is 0 Å². The Labute approximate surface area is 195 Å². The zero-order valence-corrected chi connectivity index (χ0v) is 20.6. The first kappa shape index (κ1) is 25.1. The Balaban J connectivity index is 0.00000341. The largest absolute Gasteiger partial charge is 0.484 e. The molecule has 7 heteroatoms. The topological polar surface area (TPSA) is 45.7 Å². The highest BCUT2D eigenvalue weighted by atomic mass is 35.5. The smallest absolute Gasteiger partial charge is 0.266 e. The maximum atomic E-state index is 13.2. The lowest BCUT2D eigenvalue weighted by Gasteiger charge is -2.24. The fourth-order valence-corrected chi connectivity index (χ4v) is 4.36. The van der Waals surface area contributed by atoms with Gasteiger partial charge in [-0.15, -0.1) is 12.4 Å². The molecule has 31 heavy (non-hydrogen) atoms. The number of anilines is 1. The molecule has 168 valence electrons. The first-order chi connectivity index (χ1) is 14.4. The van der Waals surface area contributed by atoms with Crippen molar-refractivity contribution < 1.29 is 9.53 Å². The minimum Gasteiger partial charge on any atom is -0.484 e. The molecule has 0 radical (unpaired) electrons. The zero-order chi connectivity index (χ0) is 21.7. The van der Waals surface area contributed by atoms with Crippen molar-refractivity contribution in [3.05, 3.63) is 53.1 Å². The Morgan fingerprint density at radius 2 is 1.68 bits per heavy atom. The Morgan fingerprint density at radius 3 is 2.32 bits per heavy atom. The van der Waals surface area contributed by atoms with Crippen LogP contribution in [0.5, 0.6) is 5.75 Å². The maximum absolute atomic E-state index is 13.2. The summed E-state index contributed by atoms with van der Waals surface area (Å²) in [6.45, 7) is 13.8. The molecule has 0 aliphatic heterocycles. The summed E-state index contributed by atoms with van der Waals surface area (Å²) in [5.41, 5.74) is 4.52. The van der Waals surface area contributed by atoms with Crippen LogP contribution in [0.3, 0.4) is 0 Å². The molecule has 0 aliphatic carbocycles. The molecular weight excluding hydrogens is 430 g/mol. The zero-order valence-electron chi connectivity index (χ0n) is 19.0. The Kier molecular flexibility index (Phi) is 9.29. The summed E-state index contributed by atoms with van der Waals surface area (Å²) in [6, 6.07) is 12.0. The van der Waals surface area contributed by atoms with Crippen LogP contribution in [0.4, 0.5) is 5.13 Å². The van der Waals surface area contributed by atoms with Gasteiger partial charge in [-0.3, -0.25) is 9.69 Å². The summed E-state index contributed by atoms with van der Waals surface area (Å²) < 4.78 is 6.88. The first-order valence-corrected chi connectivity index (χ1v) is 11.3. The summed E-state index contributed by atoms with van der Waals surface area (Å²) in [5.74, 6) is 0.629. The Hall–Kier alpha value is -2.15.